The molecule has 2 aromatic rings. The third-order valence-electron chi connectivity index (χ3n) is 5.22. The molecule has 0 radical (unpaired) electrons. The van der Waals surface area contributed by atoms with Crippen molar-refractivity contribution in [2.45, 2.75) is 39.2 Å². The minimum absolute atomic E-state index is 0.176. The largest absolute Gasteiger partial charge is 0.356 e. The Morgan fingerprint density at radius 3 is 2.80 bits per heavy atom. The second-order valence-corrected chi connectivity index (χ2v) is 7.56. The van der Waals surface area contributed by atoms with Gasteiger partial charge in [0.2, 0.25) is 5.91 Å². The number of amides is 1. The molecule has 0 bridgehead atoms. The number of nitrogens with one attached hydrogen (secondary N) is 1. The van der Waals surface area contributed by atoms with E-state index in [2.05, 4.69) is 47.1 Å². The van der Waals surface area contributed by atoms with Crippen LogP contribution in [0.15, 0.2) is 24.4 Å². The average Bonchev–Trinajstić information content (AvgIpc) is 2.91. The normalized spacial score (nSPS) is 16.4. The zero-order valence-electron chi connectivity index (χ0n) is 15.2. The molecule has 4 nitrogen and oxygen atoms in total. The number of piperidine rings is 1. The van der Waals surface area contributed by atoms with Crippen LogP contribution in [0.2, 0.25) is 5.02 Å². The maximum Gasteiger partial charge on any atom is 0.223 e. The minimum Gasteiger partial charge on any atom is -0.356 e. The summed E-state index contributed by atoms with van der Waals surface area (Å²) in [4.78, 5) is 14.7. The fourth-order valence-electron chi connectivity index (χ4n) is 3.70. The Bertz CT molecular complexity index is 732. The van der Waals surface area contributed by atoms with Crippen LogP contribution < -0.4 is 5.32 Å². The predicted octanol–water partition coefficient (Wildman–Crippen LogP) is 3.96. The molecule has 0 spiro atoms. The molecule has 1 N–H and O–H groups in total. The molecule has 1 aromatic heterocycles. The summed E-state index contributed by atoms with van der Waals surface area (Å²) in [5.41, 5.74) is 2.52. The van der Waals surface area contributed by atoms with Crippen molar-refractivity contribution in [3.8, 4) is 0 Å². The van der Waals surface area contributed by atoms with Gasteiger partial charge < -0.3 is 9.88 Å². The third kappa shape index (κ3) is 4.36. The summed E-state index contributed by atoms with van der Waals surface area (Å²) in [5.74, 6) is 0.417. The number of carbonyl (C=O) groups excluding carboxylic acids is 1. The van der Waals surface area contributed by atoms with Crippen molar-refractivity contribution in [1.82, 2.24) is 14.8 Å². The van der Waals surface area contributed by atoms with E-state index in [1.54, 1.807) is 0 Å². The van der Waals surface area contributed by atoms with Gasteiger partial charge in [-0.15, -0.1) is 0 Å². The van der Waals surface area contributed by atoms with E-state index in [1.165, 1.54) is 16.5 Å². The second-order valence-electron chi connectivity index (χ2n) is 7.12. The van der Waals surface area contributed by atoms with Gasteiger partial charge in [0.05, 0.1) is 0 Å². The number of hydrogen-bond acceptors (Lipinski definition) is 2. The molecule has 1 aromatic carbocycles. The molecule has 0 saturated carbocycles. The molecule has 1 aliphatic heterocycles. The quantitative estimate of drug-likeness (QED) is 0.791. The van der Waals surface area contributed by atoms with Gasteiger partial charge in [0.25, 0.3) is 0 Å². The third-order valence-corrected chi connectivity index (χ3v) is 5.45. The fourth-order valence-corrected chi connectivity index (χ4v) is 3.87. The van der Waals surface area contributed by atoms with Gasteiger partial charge in [-0.1, -0.05) is 24.9 Å². The highest BCUT2D eigenvalue weighted by Crippen LogP contribution is 2.27. The van der Waals surface area contributed by atoms with Gasteiger partial charge in [-0.25, -0.2) is 0 Å². The molecule has 1 fully saturated rings. The molecule has 0 unspecified atom stereocenters. The van der Waals surface area contributed by atoms with Crippen molar-refractivity contribution in [3.63, 3.8) is 0 Å². The maximum atomic E-state index is 12.2. The molecular weight excluding hydrogens is 334 g/mol. The van der Waals surface area contributed by atoms with Crippen molar-refractivity contribution < 1.29 is 4.79 Å². The number of hydrogen-bond donors (Lipinski definition) is 1. The van der Waals surface area contributed by atoms with Crippen LogP contribution in [0.4, 0.5) is 0 Å². The minimum atomic E-state index is 0.176. The number of likely N-dealkylation sites (tertiary alicyclic amines) is 1. The SMILES string of the molecule is CCCCNC(=O)C1CCN(Cc2cn(C)c3ccc(Cl)cc23)CC1. The molecule has 1 saturated heterocycles. The van der Waals surface area contributed by atoms with E-state index in [0.717, 1.165) is 56.9 Å². The number of benzene rings is 1. The Labute approximate surface area is 155 Å². The molecule has 25 heavy (non-hydrogen) atoms. The first kappa shape index (κ1) is 18.3. The second kappa shape index (κ2) is 8.24. The lowest BCUT2D eigenvalue weighted by Crippen LogP contribution is -2.40. The smallest absolute Gasteiger partial charge is 0.223 e. The Kier molecular flexibility index (Phi) is 6.02. The van der Waals surface area contributed by atoms with Gasteiger partial charge in [0.15, 0.2) is 0 Å². The van der Waals surface area contributed by atoms with Gasteiger partial charge in [-0.2, -0.15) is 0 Å². The van der Waals surface area contributed by atoms with Crippen LogP contribution in [0, 0.1) is 5.92 Å². The molecule has 1 aliphatic rings. The van der Waals surface area contributed by atoms with E-state index in [0.29, 0.717) is 0 Å². The summed E-state index contributed by atoms with van der Waals surface area (Å²) in [6.45, 7) is 5.82. The van der Waals surface area contributed by atoms with Crippen LogP contribution >= 0.6 is 11.6 Å². The Morgan fingerprint density at radius 2 is 2.08 bits per heavy atom. The van der Waals surface area contributed by atoms with Gasteiger partial charge in [-0.05, 0) is 56.1 Å². The van der Waals surface area contributed by atoms with E-state index in [1.807, 2.05) is 6.07 Å². The first-order chi connectivity index (χ1) is 12.1. The molecule has 0 aliphatic carbocycles. The number of nitrogens with zero attached hydrogens (tertiary/aromatic N) is 2. The summed E-state index contributed by atoms with van der Waals surface area (Å²) in [6.07, 6.45) is 6.28. The number of fused-ring (bicyclic) bond motifs is 1. The summed E-state index contributed by atoms with van der Waals surface area (Å²) in [5, 5.41) is 5.09. The van der Waals surface area contributed by atoms with E-state index < -0.39 is 0 Å². The molecular formula is C20H28ClN3O. The fraction of sp³-hybridized carbons (Fsp3) is 0.550. The first-order valence-electron chi connectivity index (χ1n) is 9.32. The van der Waals surface area contributed by atoms with Gasteiger partial charge >= 0.3 is 0 Å². The Balaban J connectivity index is 1.58. The van der Waals surface area contributed by atoms with Crippen LogP contribution in [0.25, 0.3) is 10.9 Å². The van der Waals surface area contributed by atoms with Crippen LogP contribution in [0.3, 0.4) is 0 Å². The molecule has 2 heterocycles. The number of rotatable bonds is 6. The average molecular weight is 362 g/mol. The van der Waals surface area contributed by atoms with E-state index in [-0.39, 0.29) is 11.8 Å². The van der Waals surface area contributed by atoms with Crippen LogP contribution in [-0.4, -0.2) is 35.0 Å². The van der Waals surface area contributed by atoms with Gasteiger partial charge in [-0.3, -0.25) is 9.69 Å². The molecule has 136 valence electrons. The Morgan fingerprint density at radius 1 is 1.32 bits per heavy atom. The van der Waals surface area contributed by atoms with Crippen LogP contribution in [0.5, 0.6) is 0 Å². The zero-order valence-corrected chi connectivity index (χ0v) is 16.0. The zero-order chi connectivity index (χ0) is 17.8. The van der Waals surface area contributed by atoms with Gasteiger partial charge in [0.1, 0.15) is 0 Å². The van der Waals surface area contributed by atoms with Crippen LogP contribution in [-0.2, 0) is 18.4 Å². The summed E-state index contributed by atoms with van der Waals surface area (Å²) < 4.78 is 2.16. The highest BCUT2D eigenvalue weighted by molar-refractivity contribution is 6.31. The number of aryl methyl sites for hydroxylation is 1. The lowest BCUT2D eigenvalue weighted by atomic mass is 9.95. The highest BCUT2D eigenvalue weighted by atomic mass is 35.5. The number of carbonyl (C=O) groups is 1. The summed E-state index contributed by atoms with van der Waals surface area (Å²) in [6, 6.07) is 6.07. The lowest BCUT2D eigenvalue weighted by Gasteiger charge is -2.31. The lowest BCUT2D eigenvalue weighted by molar-refractivity contribution is -0.126. The predicted molar refractivity (Wildman–Crippen MR) is 104 cm³/mol. The summed E-state index contributed by atoms with van der Waals surface area (Å²) in [7, 11) is 2.08. The molecule has 0 atom stereocenters. The maximum absolute atomic E-state index is 12.2. The molecule has 5 heteroatoms. The topological polar surface area (TPSA) is 37.3 Å². The van der Waals surface area contributed by atoms with E-state index in [4.69, 9.17) is 11.6 Å². The van der Waals surface area contributed by atoms with Crippen molar-refractivity contribution in [2.24, 2.45) is 13.0 Å². The number of aromatic nitrogens is 1. The molecule has 3 rings (SSSR count). The van der Waals surface area contributed by atoms with Gasteiger partial charge in [0, 0.05) is 48.2 Å². The van der Waals surface area contributed by atoms with E-state index >= 15 is 0 Å². The highest BCUT2D eigenvalue weighted by Gasteiger charge is 2.25. The van der Waals surface area contributed by atoms with Crippen molar-refractivity contribution in [2.75, 3.05) is 19.6 Å². The van der Waals surface area contributed by atoms with Crippen LogP contribution in [0.1, 0.15) is 38.2 Å². The first-order valence-corrected chi connectivity index (χ1v) is 9.69. The Hall–Kier alpha value is -1.52. The van der Waals surface area contributed by atoms with E-state index in [9.17, 15) is 4.79 Å². The standard InChI is InChI=1S/C20H28ClN3O/c1-3-4-9-22-20(25)15-7-10-24(11-8-15)14-16-13-23(2)19-6-5-17(21)12-18(16)19/h5-6,12-13,15H,3-4,7-11,14H2,1-2H3,(H,22,25). The monoisotopic (exact) mass is 361 g/mol. The van der Waals surface area contributed by atoms with Crippen molar-refractivity contribution in [3.05, 3.63) is 35.0 Å². The number of unbranched alkanes of at least 4 members (excludes halogenated alkanes) is 1. The number of halogens is 1. The van der Waals surface area contributed by atoms with Crippen molar-refractivity contribution >= 4 is 28.4 Å². The summed E-state index contributed by atoms with van der Waals surface area (Å²) >= 11 is 6.18. The molecule has 1 amide bonds. The van der Waals surface area contributed by atoms with Crippen molar-refractivity contribution in [1.29, 1.82) is 0 Å².